The quantitative estimate of drug-likeness (QED) is 0.312. The fraction of sp³-hybridized carbons (Fsp3) is 0.250. The molecular weight excluding hydrogens is 643 g/mol. The average molecular weight is 682 g/mol. The molecule has 4 aromatic carbocycles. The van der Waals surface area contributed by atoms with Crippen LogP contribution in [0.2, 0.25) is 0 Å². The maximum Gasteiger partial charge on any atom is -1.00 e. The van der Waals surface area contributed by atoms with Crippen molar-refractivity contribution in [1.29, 1.82) is 0 Å². The van der Waals surface area contributed by atoms with Gasteiger partial charge in [0.1, 0.15) is 0 Å². The van der Waals surface area contributed by atoms with Crippen molar-refractivity contribution in [2.24, 2.45) is 0 Å². The molecule has 0 nitrogen and oxygen atoms in total. The summed E-state index contributed by atoms with van der Waals surface area (Å²) in [5, 5.41) is 2.82. The minimum atomic E-state index is -0.0620. The van der Waals surface area contributed by atoms with E-state index in [0.717, 1.165) is 6.42 Å². The Kier molecular flexibility index (Phi) is 9.74. The molecule has 0 atom stereocenters. The molecule has 0 aromatic heterocycles. The molecule has 6 rings (SSSR count). The minimum Gasteiger partial charge on any atom is -1.00 e. The summed E-state index contributed by atoms with van der Waals surface area (Å²) < 4.78 is 1.49. The molecule has 2 aliphatic carbocycles. The van der Waals surface area contributed by atoms with E-state index in [2.05, 4.69) is 146 Å². The van der Waals surface area contributed by atoms with Gasteiger partial charge in [-0.3, -0.25) is 0 Å². The molecule has 0 aliphatic heterocycles. The van der Waals surface area contributed by atoms with Crippen molar-refractivity contribution in [2.75, 3.05) is 0 Å². The van der Waals surface area contributed by atoms with E-state index in [1.54, 1.807) is 0 Å². The van der Waals surface area contributed by atoms with E-state index < -0.39 is 0 Å². The molecule has 3 heteroatoms. The van der Waals surface area contributed by atoms with Gasteiger partial charge in [0.15, 0.2) is 0 Å². The summed E-state index contributed by atoms with van der Waals surface area (Å²) in [6, 6.07) is 31.8. The summed E-state index contributed by atoms with van der Waals surface area (Å²) in [7, 11) is 0. The number of hydrogen-bond acceptors (Lipinski definition) is 0. The maximum atomic E-state index is 2.54. The van der Waals surface area contributed by atoms with Crippen molar-refractivity contribution < 1.29 is 49.5 Å². The van der Waals surface area contributed by atoms with Crippen molar-refractivity contribution in [3.63, 3.8) is 0 Å². The molecule has 0 fully saturated rings. The molecule has 0 unspecified atom stereocenters. The largest absolute Gasteiger partial charge is 1.00 e. The zero-order chi connectivity index (χ0) is 29.1. The predicted octanol–water partition coefficient (Wildman–Crippen LogP) is 2.95. The molecule has 0 spiro atoms. The third-order valence-electron chi connectivity index (χ3n) is 8.53. The summed E-state index contributed by atoms with van der Waals surface area (Å²) in [6.45, 7) is 16.4. The molecule has 2 aliphatic rings. The van der Waals surface area contributed by atoms with Crippen molar-refractivity contribution >= 4 is 14.4 Å². The first-order valence-corrected chi connectivity index (χ1v) is 16.0. The van der Waals surface area contributed by atoms with Crippen molar-refractivity contribution in [1.82, 2.24) is 0 Å². The summed E-state index contributed by atoms with van der Waals surface area (Å²) in [5.74, 6) is 0. The van der Waals surface area contributed by atoms with Gasteiger partial charge in [0, 0.05) is 0 Å². The van der Waals surface area contributed by atoms with Gasteiger partial charge in [0.2, 0.25) is 0 Å². The first kappa shape index (κ1) is 33.5. The van der Waals surface area contributed by atoms with E-state index in [1.807, 2.05) is 0 Å². The molecule has 43 heavy (non-hydrogen) atoms. The van der Waals surface area contributed by atoms with Crippen LogP contribution < -0.4 is 35.3 Å². The van der Waals surface area contributed by atoms with Crippen LogP contribution in [0.1, 0.15) is 88.3 Å². The molecule has 0 N–H and O–H groups in total. The first-order valence-electron chi connectivity index (χ1n) is 14.8. The summed E-state index contributed by atoms with van der Waals surface area (Å²) in [6.07, 6.45) is 5.82. The third kappa shape index (κ3) is 6.11. The predicted molar refractivity (Wildman–Crippen MR) is 172 cm³/mol. The van der Waals surface area contributed by atoms with Gasteiger partial charge in [-0.05, 0) is 0 Å². The Morgan fingerprint density at radius 1 is 0.674 bits per heavy atom. The fourth-order valence-corrected chi connectivity index (χ4v) is 7.71. The summed E-state index contributed by atoms with van der Waals surface area (Å²) >= 11 is 1.48. The number of halogens is 2. The Bertz CT molecular complexity index is 1820. The zero-order valence-electron chi connectivity index (χ0n) is 26.2. The monoisotopic (exact) mass is 679 g/mol. The SMILES string of the molecule is CC1=CCC(c2c(C(C)(C)C)c(=C(c3ccccc3)c3ccccc3)cc3c2=[C]([Zr+2])c2cc(C(C)(C)C)ccc2-3)=C1.[Cl-].[Cl-]. The van der Waals surface area contributed by atoms with Gasteiger partial charge >= 0.3 is 262 Å². The van der Waals surface area contributed by atoms with Crippen LogP contribution in [-0.4, -0.2) is 0 Å². The number of benzene rings is 4. The minimum absolute atomic E-state index is 0. The number of allylic oxidation sites excluding steroid dienone is 4. The molecule has 0 bridgehead atoms. The van der Waals surface area contributed by atoms with Crippen molar-refractivity contribution in [3.8, 4) is 11.1 Å². The number of fused-ring (bicyclic) bond motifs is 3. The molecule has 0 radical (unpaired) electrons. The number of rotatable bonds is 3. The fourth-order valence-electron chi connectivity index (χ4n) is 6.56. The van der Waals surface area contributed by atoms with Gasteiger partial charge in [0.25, 0.3) is 0 Å². The van der Waals surface area contributed by atoms with Crippen LogP contribution >= 0.6 is 0 Å². The standard InChI is InChI=1S/C40H39.2ClH.Zr/c1-26-18-19-29(22-26)37-34-24-30-23-31(39(2,3)4)20-21-32(30)33(34)25-35(38(37)40(5,6)7)36(27-14-10-8-11-15-27)28-16-12-9-13-17-28;;;/h8-18,20-23,25H,19H2,1-7H3;2*1H;/q;;;+2/p-2. The van der Waals surface area contributed by atoms with Crippen LogP contribution in [0, 0.1) is 0 Å². The normalized spacial score (nSPS) is 13.8. The van der Waals surface area contributed by atoms with E-state index in [1.165, 1.54) is 99.7 Å². The molecule has 0 saturated heterocycles. The van der Waals surface area contributed by atoms with Gasteiger partial charge in [-0.15, -0.1) is 0 Å². The van der Waals surface area contributed by atoms with Crippen LogP contribution in [0.3, 0.4) is 0 Å². The second-order valence-electron chi connectivity index (χ2n) is 13.7. The van der Waals surface area contributed by atoms with E-state index in [9.17, 15) is 0 Å². The molecule has 217 valence electrons. The smallest absolute Gasteiger partial charge is 1.00 e. The second-order valence-corrected chi connectivity index (χ2v) is 14.9. The van der Waals surface area contributed by atoms with E-state index in [-0.39, 0.29) is 35.6 Å². The van der Waals surface area contributed by atoms with Crippen LogP contribution in [0.15, 0.2) is 103 Å². The average Bonchev–Trinajstić information content (AvgIpc) is 3.49. The zero-order valence-corrected chi connectivity index (χ0v) is 30.2. The Labute approximate surface area is 285 Å². The first-order chi connectivity index (χ1) is 19.4. The van der Waals surface area contributed by atoms with Gasteiger partial charge in [-0.2, -0.15) is 0 Å². The Hall–Kier alpha value is -2.44. The molecular formula is C40H39Cl2Zr. The van der Waals surface area contributed by atoms with E-state index in [4.69, 9.17) is 0 Å². The third-order valence-corrected chi connectivity index (χ3v) is 9.81. The molecule has 0 amide bonds. The van der Waals surface area contributed by atoms with Crippen LogP contribution in [0.4, 0.5) is 0 Å². The van der Waals surface area contributed by atoms with Crippen LogP contribution in [0.5, 0.6) is 0 Å². The van der Waals surface area contributed by atoms with Gasteiger partial charge < -0.3 is 24.8 Å². The van der Waals surface area contributed by atoms with Gasteiger partial charge in [-0.1, -0.05) is 0 Å². The van der Waals surface area contributed by atoms with Crippen LogP contribution in [-0.2, 0) is 35.5 Å². The van der Waals surface area contributed by atoms with Crippen molar-refractivity contribution in [3.05, 3.63) is 146 Å². The number of hydrogen-bond donors (Lipinski definition) is 0. The Balaban J connectivity index is 0.00000212. The van der Waals surface area contributed by atoms with Crippen LogP contribution in [0.25, 0.3) is 25.6 Å². The van der Waals surface area contributed by atoms with Crippen molar-refractivity contribution in [2.45, 2.75) is 65.7 Å². The van der Waals surface area contributed by atoms with Gasteiger partial charge in [-0.25, -0.2) is 0 Å². The Morgan fingerprint density at radius 3 is 1.74 bits per heavy atom. The Morgan fingerprint density at radius 2 is 1.26 bits per heavy atom. The second kappa shape index (κ2) is 12.5. The van der Waals surface area contributed by atoms with E-state index in [0.29, 0.717) is 0 Å². The molecule has 4 aromatic rings. The van der Waals surface area contributed by atoms with E-state index >= 15 is 0 Å². The summed E-state index contributed by atoms with van der Waals surface area (Å²) in [4.78, 5) is 0. The molecule has 0 heterocycles. The topological polar surface area (TPSA) is 0 Å². The summed E-state index contributed by atoms with van der Waals surface area (Å²) in [5.41, 5.74) is 15.2. The van der Waals surface area contributed by atoms with Gasteiger partial charge in [0.05, 0.1) is 0 Å². The maximum absolute atomic E-state index is 2.54. The molecule has 0 saturated carbocycles.